The van der Waals surface area contributed by atoms with Crippen molar-refractivity contribution in [2.24, 2.45) is 7.05 Å². The smallest absolute Gasteiger partial charge is 0.294 e. The van der Waals surface area contributed by atoms with Gasteiger partial charge >= 0.3 is 0 Å². The van der Waals surface area contributed by atoms with Crippen LogP contribution < -0.4 is 4.90 Å². The van der Waals surface area contributed by atoms with Crippen LogP contribution >= 0.6 is 0 Å². The maximum absolute atomic E-state index is 13.1. The number of para-hydroxylation sites is 1. The fraction of sp³-hybridized carbons (Fsp3) is 0.250. The molecule has 0 fully saturated rings. The number of nitrogens with zero attached hydrogens (tertiary/aromatic N) is 2. The SMILES string of the molecule is CCC(=O)C1=C(O)C(=O)N(c2ccc(C)c(C)c2)C1c1cn(C)c2ccccc12. The molecule has 1 unspecified atom stereocenters. The predicted octanol–water partition coefficient (Wildman–Crippen LogP) is 4.67. The maximum atomic E-state index is 13.1. The van der Waals surface area contributed by atoms with E-state index in [1.807, 2.05) is 74.1 Å². The number of benzene rings is 2. The van der Waals surface area contributed by atoms with Crippen LogP contribution in [0.15, 0.2) is 60.0 Å². The summed E-state index contributed by atoms with van der Waals surface area (Å²) in [7, 11) is 1.94. The van der Waals surface area contributed by atoms with Crippen molar-refractivity contribution in [1.29, 1.82) is 0 Å². The second-order valence-corrected chi connectivity index (χ2v) is 7.60. The molecule has 2 aromatic carbocycles. The zero-order chi connectivity index (χ0) is 20.9. The number of aryl methyl sites for hydroxylation is 3. The second-order valence-electron chi connectivity index (χ2n) is 7.60. The summed E-state index contributed by atoms with van der Waals surface area (Å²) in [5, 5.41) is 11.6. The fourth-order valence-corrected chi connectivity index (χ4v) is 4.11. The van der Waals surface area contributed by atoms with Gasteiger partial charge < -0.3 is 9.67 Å². The molecule has 148 valence electrons. The number of fused-ring (bicyclic) bond motifs is 1. The summed E-state index contributed by atoms with van der Waals surface area (Å²) in [6.45, 7) is 5.73. The number of aromatic nitrogens is 1. The number of amides is 1. The Morgan fingerprint density at radius 2 is 1.83 bits per heavy atom. The second kappa shape index (κ2) is 6.92. The molecule has 1 N–H and O–H groups in total. The van der Waals surface area contributed by atoms with Gasteiger partial charge in [-0.2, -0.15) is 0 Å². The lowest BCUT2D eigenvalue weighted by atomic mass is 9.94. The van der Waals surface area contributed by atoms with Gasteiger partial charge in [-0.1, -0.05) is 31.2 Å². The molecule has 5 nitrogen and oxygen atoms in total. The molecule has 0 spiro atoms. The van der Waals surface area contributed by atoms with Gasteiger partial charge in [0.25, 0.3) is 5.91 Å². The lowest BCUT2D eigenvalue weighted by Crippen LogP contribution is -2.31. The van der Waals surface area contributed by atoms with Crippen molar-refractivity contribution in [3.63, 3.8) is 0 Å². The van der Waals surface area contributed by atoms with Crippen molar-refractivity contribution in [2.75, 3.05) is 4.90 Å². The highest BCUT2D eigenvalue weighted by molar-refractivity contribution is 6.17. The minimum Gasteiger partial charge on any atom is -0.503 e. The van der Waals surface area contributed by atoms with Gasteiger partial charge in [-0.05, 0) is 43.2 Å². The van der Waals surface area contributed by atoms with E-state index in [2.05, 4.69) is 0 Å². The molecule has 5 heteroatoms. The van der Waals surface area contributed by atoms with Gasteiger partial charge in [-0.3, -0.25) is 14.5 Å². The third-order valence-electron chi connectivity index (χ3n) is 5.82. The number of carbonyl (C=O) groups excluding carboxylic acids is 2. The van der Waals surface area contributed by atoms with Crippen LogP contribution in [0.2, 0.25) is 0 Å². The van der Waals surface area contributed by atoms with E-state index in [4.69, 9.17) is 0 Å². The number of aliphatic hydroxyl groups is 1. The standard InChI is InChI=1S/C24H24N2O3/c1-5-20(27)21-22(18-13-25(4)19-9-7-6-8-17(18)19)26(24(29)23(21)28)16-11-10-14(2)15(3)12-16/h6-13,22,28H,5H2,1-4H3. The van der Waals surface area contributed by atoms with Gasteiger partial charge in [-0.15, -0.1) is 0 Å². The first-order valence-electron chi connectivity index (χ1n) is 9.76. The summed E-state index contributed by atoms with van der Waals surface area (Å²) in [6.07, 6.45) is 2.16. The zero-order valence-electron chi connectivity index (χ0n) is 17.1. The molecular formula is C24H24N2O3. The van der Waals surface area contributed by atoms with Crippen LogP contribution in [0.4, 0.5) is 5.69 Å². The van der Waals surface area contributed by atoms with E-state index in [-0.39, 0.29) is 17.8 Å². The first-order valence-corrected chi connectivity index (χ1v) is 9.76. The summed E-state index contributed by atoms with van der Waals surface area (Å²) in [4.78, 5) is 27.5. The fourth-order valence-electron chi connectivity index (χ4n) is 4.11. The molecule has 4 rings (SSSR count). The van der Waals surface area contributed by atoms with Crippen LogP contribution in [-0.2, 0) is 16.6 Å². The lowest BCUT2D eigenvalue weighted by molar-refractivity contribution is -0.118. The molecule has 1 atom stereocenters. The van der Waals surface area contributed by atoms with Crippen LogP contribution in [0.1, 0.15) is 36.1 Å². The molecule has 1 aliphatic rings. The number of hydrogen-bond donors (Lipinski definition) is 1. The van der Waals surface area contributed by atoms with E-state index < -0.39 is 17.7 Å². The van der Waals surface area contributed by atoms with Crippen molar-refractivity contribution >= 4 is 28.3 Å². The average Bonchev–Trinajstić information content (AvgIpc) is 3.18. The molecule has 2 heterocycles. The van der Waals surface area contributed by atoms with Crippen LogP contribution in [-0.4, -0.2) is 21.4 Å². The first kappa shape index (κ1) is 19.0. The Hall–Kier alpha value is -3.34. The number of aliphatic hydroxyl groups excluding tert-OH is 1. The minimum absolute atomic E-state index is 0.173. The molecule has 0 radical (unpaired) electrons. The monoisotopic (exact) mass is 388 g/mol. The quantitative estimate of drug-likeness (QED) is 0.706. The van der Waals surface area contributed by atoms with Crippen molar-refractivity contribution in [3.8, 4) is 0 Å². The molecule has 3 aromatic rings. The van der Waals surface area contributed by atoms with E-state index in [9.17, 15) is 14.7 Å². The van der Waals surface area contributed by atoms with Crippen molar-refractivity contribution in [1.82, 2.24) is 4.57 Å². The third kappa shape index (κ3) is 2.85. The molecule has 0 saturated carbocycles. The van der Waals surface area contributed by atoms with Crippen molar-refractivity contribution < 1.29 is 14.7 Å². The van der Waals surface area contributed by atoms with E-state index in [1.165, 1.54) is 0 Å². The molecule has 0 saturated heterocycles. The number of ketones is 1. The maximum Gasteiger partial charge on any atom is 0.294 e. The van der Waals surface area contributed by atoms with Crippen molar-refractivity contribution in [2.45, 2.75) is 33.2 Å². The van der Waals surface area contributed by atoms with Gasteiger partial charge in [0.05, 0.1) is 11.6 Å². The molecule has 0 aliphatic carbocycles. The molecule has 1 aliphatic heterocycles. The van der Waals surface area contributed by atoms with E-state index in [0.29, 0.717) is 5.69 Å². The van der Waals surface area contributed by atoms with Gasteiger partial charge in [-0.25, -0.2) is 0 Å². The van der Waals surface area contributed by atoms with E-state index >= 15 is 0 Å². The molecule has 1 amide bonds. The number of Topliss-reactive ketones (excluding diaryl/α,β-unsaturated/α-hetero) is 1. The van der Waals surface area contributed by atoms with Crippen LogP contribution in [0.3, 0.4) is 0 Å². The van der Waals surface area contributed by atoms with E-state index in [0.717, 1.165) is 27.6 Å². The Labute approximate surface area is 169 Å². The third-order valence-corrected chi connectivity index (χ3v) is 5.82. The molecule has 1 aromatic heterocycles. The van der Waals surface area contributed by atoms with Gasteiger partial charge in [0.2, 0.25) is 0 Å². The number of anilines is 1. The summed E-state index contributed by atoms with van der Waals surface area (Å²) >= 11 is 0. The topological polar surface area (TPSA) is 62.5 Å². The summed E-state index contributed by atoms with van der Waals surface area (Å²) in [6, 6.07) is 13.0. The van der Waals surface area contributed by atoms with Gasteiger partial charge in [0.1, 0.15) is 0 Å². The summed E-state index contributed by atoms with van der Waals surface area (Å²) in [5.41, 5.74) is 4.83. The average molecular weight is 388 g/mol. The molecular weight excluding hydrogens is 364 g/mol. The Morgan fingerprint density at radius 1 is 1.10 bits per heavy atom. The number of hydrogen-bond acceptors (Lipinski definition) is 3. The Balaban J connectivity index is 1.99. The Bertz CT molecular complexity index is 1190. The first-order chi connectivity index (χ1) is 13.8. The number of rotatable bonds is 4. The minimum atomic E-state index is -0.664. The summed E-state index contributed by atoms with van der Waals surface area (Å²) < 4.78 is 1.98. The Kier molecular flexibility index (Phi) is 4.53. The van der Waals surface area contributed by atoms with Crippen LogP contribution in [0.25, 0.3) is 10.9 Å². The highest BCUT2D eigenvalue weighted by Gasteiger charge is 2.44. The highest BCUT2D eigenvalue weighted by atomic mass is 16.3. The Morgan fingerprint density at radius 3 is 2.52 bits per heavy atom. The lowest BCUT2D eigenvalue weighted by Gasteiger charge is -2.27. The number of carbonyl (C=O) groups is 2. The van der Waals surface area contributed by atoms with Crippen LogP contribution in [0, 0.1) is 13.8 Å². The highest BCUT2D eigenvalue weighted by Crippen LogP contribution is 2.44. The normalized spacial score (nSPS) is 16.9. The zero-order valence-corrected chi connectivity index (χ0v) is 17.1. The predicted molar refractivity (Wildman–Crippen MR) is 114 cm³/mol. The largest absolute Gasteiger partial charge is 0.503 e. The van der Waals surface area contributed by atoms with Crippen molar-refractivity contribution in [3.05, 3.63) is 76.7 Å². The van der Waals surface area contributed by atoms with E-state index in [1.54, 1.807) is 11.8 Å². The van der Waals surface area contributed by atoms with Gasteiger partial charge in [0, 0.05) is 41.8 Å². The molecule has 0 bridgehead atoms. The summed E-state index contributed by atoms with van der Waals surface area (Å²) in [5.74, 6) is -1.21. The molecule has 29 heavy (non-hydrogen) atoms. The van der Waals surface area contributed by atoms with Gasteiger partial charge in [0.15, 0.2) is 11.5 Å². The van der Waals surface area contributed by atoms with Crippen LogP contribution in [0.5, 0.6) is 0 Å².